The second-order valence-corrected chi connectivity index (χ2v) is 19.8. The van der Waals surface area contributed by atoms with Crippen LogP contribution >= 0.6 is 0 Å². The van der Waals surface area contributed by atoms with Crippen molar-refractivity contribution in [2.24, 2.45) is 0 Å². The van der Waals surface area contributed by atoms with Crippen LogP contribution in [0.4, 0.5) is 0 Å². The van der Waals surface area contributed by atoms with Crippen LogP contribution in [-0.4, -0.2) is 18.0 Å². The van der Waals surface area contributed by atoms with Gasteiger partial charge in [-0.2, -0.15) is 0 Å². The second kappa shape index (κ2) is 17.0. The van der Waals surface area contributed by atoms with Gasteiger partial charge in [-0.1, -0.05) is 153 Å². The summed E-state index contributed by atoms with van der Waals surface area (Å²) < 4.78 is 6.38. The van der Waals surface area contributed by atoms with E-state index in [2.05, 4.69) is 172 Å². The first-order chi connectivity index (χ1) is 25.7. The van der Waals surface area contributed by atoms with E-state index in [0.717, 1.165) is 62.9 Å². The summed E-state index contributed by atoms with van der Waals surface area (Å²) in [5.41, 5.74) is 13.0. The van der Waals surface area contributed by atoms with Crippen LogP contribution < -0.4 is 5.19 Å². The molecule has 3 nitrogen and oxygen atoms in total. The van der Waals surface area contributed by atoms with Crippen molar-refractivity contribution in [2.45, 2.75) is 59.2 Å². The van der Waals surface area contributed by atoms with E-state index in [-0.39, 0.29) is 20.1 Å². The van der Waals surface area contributed by atoms with Gasteiger partial charge in [-0.3, -0.25) is 0 Å². The van der Waals surface area contributed by atoms with Gasteiger partial charge in [0.15, 0.2) is 0 Å². The molecule has 0 aliphatic carbocycles. The largest absolute Gasteiger partial charge is 0.501 e. The van der Waals surface area contributed by atoms with Crippen LogP contribution in [0.25, 0.3) is 66.7 Å². The summed E-state index contributed by atoms with van der Waals surface area (Å²) in [4.78, 5) is 9.34. The Labute approximate surface area is 334 Å². The minimum atomic E-state index is -1.30. The van der Waals surface area contributed by atoms with Gasteiger partial charge in [0.25, 0.3) is 0 Å². The van der Waals surface area contributed by atoms with Gasteiger partial charge in [-0.25, -0.2) is 0 Å². The third-order valence-corrected chi connectivity index (χ3v) is 12.2. The van der Waals surface area contributed by atoms with E-state index < -0.39 is 8.07 Å². The van der Waals surface area contributed by atoms with Gasteiger partial charge >= 0.3 is 0 Å². The van der Waals surface area contributed by atoms with Crippen molar-refractivity contribution in [3.63, 3.8) is 0 Å². The van der Waals surface area contributed by atoms with E-state index in [9.17, 15) is 0 Å². The van der Waals surface area contributed by atoms with E-state index in [1.54, 1.807) is 0 Å². The van der Waals surface area contributed by atoms with Crippen molar-refractivity contribution in [2.75, 3.05) is 0 Å². The standard InChI is InChI=1S/C28H24NO.C21H22NSi.Ir/c1-3-19(4-2)22-15-16-29-26(17-22)25-12-8-11-24-23-14-13-21(18-27(23)30-28(24)25)20-9-6-5-7-10-20;1-16-10-11-18(14-20(16)17-8-6-5-7-9-17)21-13-12-19(15-22-21)23(2,3)4;/h5-11,13-19H,3-4H2,1-2H3;5-10,12-15H,1-4H3;/q2*-1;. The molecule has 0 bridgehead atoms. The average molecular weight is 899 g/mol. The number of nitrogens with zero attached hydrogens (tertiary/aromatic N) is 2. The number of pyridine rings is 2. The smallest absolute Gasteiger partial charge is 0.121 e. The molecule has 0 saturated heterocycles. The summed E-state index contributed by atoms with van der Waals surface area (Å²) in [6.07, 6.45) is 6.20. The van der Waals surface area contributed by atoms with Gasteiger partial charge in [0.1, 0.15) is 5.58 Å². The minimum Gasteiger partial charge on any atom is -0.501 e. The topological polar surface area (TPSA) is 38.9 Å². The van der Waals surface area contributed by atoms with Crippen LogP contribution in [0.2, 0.25) is 19.6 Å². The number of aromatic nitrogens is 2. The molecular formula is C49H46IrN2OSi-2. The summed E-state index contributed by atoms with van der Waals surface area (Å²) in [6, 6.07) is 51.1. The normalized spacial score (nSPS) is 11.3. The predicted molar refractivity (Wildman–Crippen MR) is 226 cm³/mol. The zero-order valence-electron chi connectivity index (χ0n) is 31.9. The Morgan fingerprint density at radius 1 is 0.685 bits per heavy atom. The van der Waals surface area contributed by atoms with Crippen LogP contribution in [0.3, 0.4) is 0 Å². The summed E-state index contributed by atoms with van der Waals surface area (Å²) in [5.74, 6) is 0.551. The number of rotatable bonds is 8. The maximum absolute atomic E-state index is 6.38. The fourth-order valence-corrected chi connectivity index (χ4v) is 8.01. The molecule has 5 heteroatoms. The van der Waals surface area contributed by atoms with Crippen LogP contribution in [-0.2, 0) is 20.1 Å². The van der Waals surface area contributed by atoms with Crippen LogP contribution in [0.5, 0.6) is 0 Å². The van der Waals surface area contributed by atoms with E-state index >= 15 is 0 Å². The molecule has 0 atom stereocenters. The summed E-state index contributed by atoms with van der Waals surface area (Å²) in [5, 5.41) is 3.61. The SMILES string of the molecule is CCC(CC)c1ccnc(-c2[c-]ccc3c2oc2cc(-c4ccccc4)ccc23)c1.Cc1c[c-]c(-c2ccc([Si](C)(C)C)cn2)cc1-c1ccccc1.[Ir]. The van der Waals surface area contributed by atoms with Crippen molar-refractivity contribution in [3.8, 4) is 44.8 Å². The van der Waals surface area contributed by atoms with Gasteiger partial charge < -0.3 is 14.4 Å². The van der Waals surface area contributed by atoms with Crippen molar-refractivity contribution in [1.82, 2.24) is 9.97 Å². The molecule has 0 unspecified atom stereocenters. The van der Waals surface area contributed by atoms with Gasteiger partial charge in [-0.15, -0.1) is 47.5 Å². The van der Waals surface area contributed by atoms with Crippen molar-refractivity contribution in [3.05, 3.63) is 163 Å². The summed E-state index contributed by atoms with van der Waals surface area (Å²) >= 11 is 0. The van der Waals surface area contributed by atoms with E-state index in [1.165, 1.54) is 33.0 Å². The van der Waals surface area contributed by atoms with Gasteiger partial charge in [-0.05, 0) is 64.2 Å². The number of hydrogen-bond donors (Lipinski definition) is 0. The average Bonchev–Trinajstić information content (AvgIpc) is 3.58. The molecule has 273 valence electrons. The van der Waals surface area contributed by atoms with Crippen LogP contribution in [0.1, 0.15) is 43.7 Å². The summed E-state index contributed by atoms with van der Waals surface area (Å²) in [7, 11) is -1.30. The zero-order valence-corrected chi connectivity index (χ0v) is 35.3. The third kappa shape index (κ3) is 8.40. The third-order valence-electron chi connectivity index (χ3n) is 10.2. The Morgan fingerprint density at radius 3 is 2.07 bits per heavy atom. The molecule has 8 rings (SSSR count). The monoisotopic (exact) mass is 899 g/mol. The molecule has 0 amide bonds. The van der Waals surface area contributed by atoms with Crippen LogP contribution in [0.15, 0.2) is 144 Å². The summed E-state index contributed by atoms with van der Waals surface area (Å²) in [6.45, 7) is 13.6. The van der Waals surface area contributed by atoms with Gasteiger partial charge in [0.2, 0.25) is 0 Å². The molecule has 0 fully saturated rings. The Morgan fingerprint density at radius 2 is 1.41 bits per heavy atom. The molecule has 54 heavy (non-hydrogen) atoms. The van der Waals surface area contributed by atoms with E-state index in [1.807, 2.05) is 30.6 Å². The molecule has 5 aromatic carbocycles. The van der Waals surface area contributed by atoms with Crippen LogP contribution in [0, 0.1) is 19.1 Å². The minimum absolute atomic E-state index is 0. The number of benzene rings is 5. The van der Waals surface area contributed by atoms with E-state index in [0.29, 0.717) is 5.92 Å². The number of hydrogen-bond acceptors (Lipinski definition) is 3. The molecular weight excluding hydrogens is 853 g/mol. The molecule has 3 aromatic heterocycles. The maximum Gasteiger partial charge on any atom is 0.121 e. The fourth-order valence-electron chi connectivity index (χ4n) is 6.98. The molecule has 0 spiro atoms. The van der Waals surface area contributed by atoms with Gasteiger partial charge in [0, 0.05) is 37.9 Å². The first kappa shape index (κ1) is 38.8. The first-order valence-corrected chi connectivity index (χ1v) is 22.2. The van der Waals surface area contributed by atoms with Crippen molar-refractivity contribution < 1.29 is 24.5 Å². The second-order valence-electron chi connectivity index (χ2n) is 14.8. The number of furan rings is 1. The Balaban J connectivity index is 0.000000187. The number of fused-ring (bicyclic) bond motifs is 3. The van der Waals surface area contributed by atoms with E-state index in [4.69, 9.17) is 4.42 Å². The molecule has 3 heterocycles. The maximum atomic E-state index is 6.38. The Bertz CT molecular complexity index is 2460. The predicted octanol–water partition coefficient (Wildman–Crippen LogP) is 13.1. The van der Waals surface area contributed by atoms with Crippen molar-refractivity contribution >= 4 is 35.2 Å². The molecule has 8 aromatic rings. The van der Waals surface area contributed by atoms with Crippen molar-refractivity contribution in [1.29, 1.82) is 0 Å². The first-order valence-electron chi connectivity index (χ1n) is 18.7. The zero-order chi connectivity index (χ0) is 37.0. The molecule has 1 radical (unpaired) electrons. The quantitative estimate of drug-likeness (QED) is 0.113. The molecule has 0 aliphatic rings. The molecule has 0 aliphatic heterocycles. The Kier molecular flexibility index (Phi) is 12.2. The molecule has 0 N–H and O–H groups in total. The van der Waals surface area contributed by atoms with Gasteiger partial charge in [0.05, 0.1) is 13.7 Å². The number of aryl methyl sites for hydroxylation is 1. The Hall–Kier alpha value is -4.93. The molecule has 0 saturated carbocycles. The fraction of sp³-hybridized carbons (Fsp3) is 0.184.